The van der Waals surface area contributed by atoms with E-state index in [0.29, 0.717) is 5.56 Å². The second-order valence-corrected chi connectivity index (χ2v) is 7.48. The number of halogens is 1. The first-order valence-corrected chi connectivity index (χ1v) is 9.13. The number of amides is 1. The summed E-state index contributed by atoms with van der Waals surface area (Å²) in [5.41, 5.74) is 0.549. The maximum Gasteiger partial charge on any atom is 0.408 e. The summed E-state index contributed by atoms with van der Waals surface area (Å²) in [6.45, 7) is 5.21. The first kappa shape index (κ1) is 21.8. The Kier molecular flexibility index (Phi) is 7.27. The van der Waals surface area contributed by atoms with Gasteiger partial charge in [0.25, 0.3) is 0 Å². The topological polar surface area (TPSA) is 79.2 Å². The van der Waals surface area contributed by atoms with E-state index in [9.17, 15) is 14.0 Å². The van der Waals surface area contributed by atoms with Crippen LogP contribution in [0.25, 0.3) is 6.08 Å². The summed E-state index contributed by atoms with van der Waals surface area (Å²) >= 11 is 0. The number of carbonyl (C=O) groups excluding carboxylic acids is 2. The smallest absolute Gasteiger partial charge is 0.408 e. The van der Waals surface area contributed by atoms with Gasteiger partial charge in [-0.05, 0) is 50.1 Å². The largest absolute Gasteiger partial charge is 0.444 e. The van der Waals surface area contributed by atoms with Crippen molar-refractivity contribution in [1.82, 2.24) is 5.32 Å². The summed E-state index contributed by atoms with van der Waals surface area (Å²) in [5.74, 6) is -1.01. The molecule has 0 aromatic heterocycles. The monoisotopic (exact) mass is 394 g/mol. The van der Waals surface area contributed by atoms with Crippen molar-refractivity contribution in [1.29, 1.82) is 5.26 Å². The molecule has 1 amide bonds. The molecular weight excluding hydrogens is 371 g/mol. The lowest BCUT2D eigenvalue weighted by Crippen LogP contribution is -2.44. The summed E-state index contributed by atoms with van der Waals surface area (Å²) < 4.78 is 19.0. The number of nitriles is 1. The average Bonchev–Trinajstić information content (AvgIpc) is 2.65. The van der Waals surface area contributed by atoms with E-state index in [-0.39, 0.29) is 17.8 Å². The van der Waals surface area contributed by atoms with Gasteiger partial charge in [-0.2, -0.15) is 5.26 Å². The van der Waals surface area contributed by atoms with E-state index < -0.39 is 23.6 Å². The molecule has 0 radical (unpaired) electrons. The summed E-state index contributed by atoms with van der Waals surface area (Å²) in [4.78, 5) is 24.9. The Balaban J connectivity index is 2.17. The Bertz CT molecular complexity index is 941. The Morgan fingerprint density at radius 2 is 1.90 bits per heavy atom. The highest BCUT2D eigenvalue weighted by Crippen LogP contribution is 2.12. The minimum absolute atomic E-state index is 0.0676. The molecule has 6 heteroatoms. The molecule has 0 saturated carbocycles. The number of ether oxygens (including phenoxy) is 1. The average molecular weight is 394 g/mol. The molecule has 0 aliphatic heterocycles. The summed E-state index contributed by atoms with van der Waals surface area (Å²) in [6.07, 6.45) is 2.32. The number of hydrogen-bond acceptors (Lipinski definition) is 4. The number of hydrogen-bond donors (Lipinski definition) is 1. The standard InChI is InChI=1S/C23H23FN2O3/c1-23(2,3)29-22(28)26-20(14-16-7-5-4-6-8-16)21(27)12-10-17-9-11-18(15-25)19(24)13-17/h4-13,20H,14H2,1-3H3,(H,26,28). The quantitative estimate of drug-likeness (QED) is 0.736. The highest BCUT2D eigenvalue weighted by Gasteiger charge is 2.23. The zero-order chi connectivity index (χ0) is 21.4. The van der Waals surface area contributed by atoms with Gasteiger partial charge >= 0.3 is 6.09 Å². The molecule has 1 atom stereocenters. The van der Waals surface area contributed by atoms with Crippen molar-refractivity contribution in [2.45, 2.75) is 38.8 Å². The van der Waals surface area contributed by atoms with Gasteiger partial charge in [0.2, 0.25) is 0 Å². The van der Waals surface area contributed by atoms with E-state index in [1.54, 1.807) is 32.9 Å². The van der Waals surface area contributed by atoms with Crippen molar-refractivity contribution in [2.24, 2.45) is 0 Å². The Morgan fingerprint density at radius 3 is 2.48 bits per heavy atom. The molecule has 2 aromatic carbocycles. The minimum Gasteiger partial charge on any atom is -0.444 e. The third-order valence-corrected chi connectivity index (χ3v) is 3.87. The van der Waals surface area contributed by atoms with Crippen molar-refractivity contribution >= 4 is 18.0 Å². The van der Waals surface area contributed by atoms with Gasteiger partial charge in [0.05, 0.1) is 11.6 Å². The highest BCUT2D eigenvalue weighted by atomic mass is 19.1. The fraction of sp³-hybridized carbons (Fsp3) is 0.261. The number of nitrogens with one attached hydrogen (secondary N) is 1. The van der Waals surface area contributed by atoms with Crippen LogP contribution in [0.3, 0.4) is 0 Å². The molecule has 2 rings (SSSR count). The highest BCUT2D eigenvalue weighted by molar-refractivity contribution is 5.99. The second-order valence-electron chi connectivity index (χ2n) is 7.48. The number of rotatable bonds is 6. The van der Waals surface area contributed by atoms with Crippen LogP contribution < -0.4 is 5.32 Å². The van der Waals surface area contributed by atoms with Crippen LogP contribution in [0.15, 0.2) is 54.6 Å². The molecule has 5 nitrogen and oxygen atoms in total. The lowest BCUT2D eigenvalue weighted by Gasteiger charge is -2.22. The van der Waals surface area contributed by atoms with E-state index in [0.717, 1.165) is 5.56 Å². The number of nitrogens with zero attached hydrogens (tertiary/aromatic N) is 1. The van der Waals surface area contributed by atoms with Gasteiger partial charge in [0.15, 0.2) is 5.78 Å². The Morgan fingerprint density at radius 1 is 1.21 bits per heavy atom. The first-order valence-electron chi connectivity index (χ1n) is 9.13. The summed E-state index contributed by atoms with van der Waals surface area (Å²) in [7, 11) is 0. The van der Waals surface area contributed by atoms with Gasteiger partial charge in [-0.1, -0.05) is 42.5 Å². The predicted octanol–water partition coefficient (Wildman–Crippen LogP) is 4.42. The maximum absolute atomic E-state index is 13.7. The van der Waals surface area contributed by atoms with Crippen LogP contribution in [-0.2, 0) is 16.0 Å². The molecule has 150 valence electrons. The fourth-order valence-electron chi connectivity index (χ4n) is 2.54. The zero-order valence-electron chi connectivity index (χ0n) is 16.6. The molecule has 0 fully saturated rings. The van der Waals surface area contributed by atoms with Crippen LogP contribution in [0.2, 0.25) is 0 Å². The van der Waals surface area contributed by atoms with Gasteiger partial charge in [0.1, 0.15) is 17.5 Å². The lowest BCUT2D eigenvalue weighted by molar-refractivity contribution is -0.116. The van der Waals surface area contributed by atoms with E-state index in [4.69, 9.17) is 10.00 Å². The zero-order valence-corrected chi connectivity index (χ0v) is 16.6. The van der Waals surface area contributed by atoms with Crippen LogP contribution in [0.4, 0.5) is 9.18 Å². The predicted molar refractivity (Wildman–Crippen MR) is 108 cm³/mol. The molecule has 1 unspecified atom stereocenters. The Hall–Kier alpha value is -3.46. The van der Waals surface area contributed by atoms with E-state index in [1.165, 1.54) is 24.3 Å². The number of alkyl carbamates (subject to hydrolysis) is 1. The van der Waals surface area contributed by atoms with Crippen LogP contribution >= 0.6 is 0 Å². The third kappa shape index (κ3) is 7.23. The molecule has 0 spiro atoms. The second kappa shape index (κ2) is 9.65. The molecule has 29 heavy (non-hydrogen) atoms. The van der Waals surface area contributed by atoms with Crippen LogP contribution in [0.5, 0.6) is 0 Å². The van der Waals surface area contributed by atoms with Gasteiger partial charge in [0, 0.05) is 6.42 Å². The van der Waals surface area contributed by atoms with Crippen LogP contribution in [0, 0.1) is 17.1 Å². The van der Waals surface area contributed by atoms with Crippen molar-refractivity contribution in [3.63, 3.8) is 0 Å². The SMILES string of the molecule is CC(C)(C)OC(=O)NC(Cc1ccccc1)C(=O)C=Cc1ccc(C#N)c(F)c1. The van der Waals surface area contributed by atoms with Gasteiger partial charge in [-0.25, -0.2) is 9.18 Å². The van der Waals surface area contributed by atoms with E-state index in [2.05, 4.69) is 5.32 Å². The number of ketones is 1. The van der Waals surface area contributed by atoms with Gasteiger partial charge in [-0.15, -0.1) is 0 Å². The minimum atomic E-state index is -0.841. The van der Waals surface area contributed by atoms with Crippen molar-refractivity contribution in [3.8, 4) is 6.07 Å². The maximum atomic E-state index is 13.7. The van der Waals surface area contributed by atoms with E-state index >= 15 is 0 Å². The molecule has 0 aliphatic carbocycles. The molecule has 0 saturated heterocycles. The summed E-state index contributed by atoms with van der Waals surface area (Å²) in [5, 5.41) is 11.4. The molecule has 1 N–H and O–H groups in total. The number of carbonyl (C=O) groups is 2. The van der Waals surface area contributed by atoms with Gasteiger partial charge in [-0.3, -0.25) is 4.79 Å². The normalized spacial score (nSPS) is 12.2. The van der Waals surface area contributed by atoms with Crippen LogP contribution in [0.1, 0.15) is 37.5 Å². The molecule has 0 bridgehead atoms. The molecular formula is C23H23FN2O3. The summed E-state index contributed by atoms with van der Waals surface area (Å²) in [6, 6.07) is 14.2. The fourth-order valence-corrected chi connectivity index (χ4v) is 2.54. The van der Waals surface area contributed by atoms with Gasteiger partial charge < -0.3 is 10.1 Å². The molecule has 0 heterocycles. The Labute approximate surface area is 169 Å². The molecule has 0 aliphatic rings. The van der Waals surface area contributed by atoms with Crippen molar-refractivity contribution in [2.75, 3.05) is 0 Å². The van der Waals surface area contributed by atoms with Crippen molar-refractivity contribution < 1.29 is 18.7 Å². The lowest BCUT2D eigenvalue weighted by atomic mass is 10.0. The van der Waals surface area contributed by atoms with Crippen molar-refractivity contribution in [3.05, 3.63) is 77.1 Å². The number of benzene rings is 2. The van der Waals surface area contributed by atoms with Crippen LogP contribution in [-0.4, -0.2) is 23.5 Å². The third-order valence-electron chi connectivity index (χ3n) is 3.87. The molecule has 2 aromatic rings. The van der Waals surface area contributed by atoms with E-state index in [1.807, 2.05) is 30.3 Å². The first-order chi connectivity index (χ1) is 13.7.